The average molecular weight is 437 g/mol. The van der Waals surface area contributed by atoms with Crippen molar-refractivity contribution in [3.05, 3.63) is 51.4 Å². The van der Waals surface area contributed by atoms with E-state index in [0.29, 0.717) is 41.0 Å². The van der Waals surface area contributed by atoms with Crippen molar-refractivity contribution in [3.63, 3.8) is 0 Å². The summed E-state index contributed by atoms with van der Waals surface area (Å²) in [5.41, 5.74) is 6.95. The molecule has 0 spiro atoms. The minimum Gasteiger partial charge on any atom is -0.482 e. The minimum absolute atomic E-state index is 0.0814. The Bertz CT molecular complexity index is 992. The van der Waals surface area contributed by atoms with Crippen molar-refractivity contribution in [1.29, 1.82) is 0 Å². The van der Waals surface area contributed by atoms with E-state index in [4.69, 9.17) is 43.1 Å². The van der Waals surface area contributed by atoms with Gasteiger partial charge in [-0.05, 0) is 25.5 Å². The summed E-state index contributed by atoms with van der Waals surface area (Å²) < 4.78 is 30.9. The smallest absolute Gasteiger partial charge is 0.166 e. The molecule has 0 amide bonds. The number of nitrogens with two attached hydrogens (primary N) is 1. The zero-order valence-electron chi connectivity index (χ0n) is 15.6. The molecule has 8 heteroatoms. The Morgan fingerprint density at radius 1 is 1.34 bits per heavy atom. The number of nitrogens with zero attached hydrogens (tertiary/aromatic N) is 1. The maximum Gasteiger partial charge on any atom is 0.166 e. The van der Waals surface area contributed by atoms with Crippen molar-refractivity contribution < 1.29 is 18.6 Å². The first kappa shape index (κ1) is 20.2. The number of halogens is 3. The van der Waals surface area contributed by atoms with Crippen LogP contribution >= 0.6 is 23.2 Å². The average Bonchev–Trinajstić information content (AvgIpc) is 3.30. The number of pyridine rings is 1. The van der Waals surface area contributed by atoms with Crippen LogP contribution in [0.5, 0.6) is 5.75 Å². The standard InChI is InChI=1S/C21H19Cl2FN2O3/c1-11(18-15(22)4-5-16(24)19(18)23)29-17-8-12(9-26-20(17)25)2-3-13-10-28-21-14(13)6-7-27-21/h4-5,8-9,11,13-14,21H,6-7,10H2,1H3,(H2,25,26)/t11-,13?,14?,21?/m1/s1. The summed E-state index contributed by atoms with van der Waals surface area (Å²) in [4.78, 5) is 4.15. The Balaban J connectivity index is 1.54. The topological polar surface area (TPSA) is 66.6 Å². The second-order valence-electron chi connectivity index (χ2n) is 7.03. The largest absolute Gasteiger partial charge is 0.482 e. The van der Waals surface area contributed by atoms with Gasteiger partial charge in [-0.25, -0.2) is 9.37 Å². The molecule has 1 aromatic carbocycles. The summed E-state index contributed by atoms with van der Waals surface area (Å²) in [5, 5.41) is 0.225. The molecule has 2 fully saturated rings. The van der Waals surface area contributed by atoms with E-state index in [1.54, 1.807) is 19.2 Å². The molecule has 4 atom stereocenters. The predicted molar refractivity (Wildman–Crippen MR) is 108 cm³/mol. The van der Waals surface area contributed by atoms with Gasteiger partial charge in [-0.15, -0.1) is 0 Å². The number of nitrogen functional groups attached to an aromatic ring is 1. The molecular formula is C21H19Cl2FN2O3. The Labute approximate surface area is 178 Å². The van der Waals surface area contributed by atoms with Crippen LogP contribution < -0.4 is 10.5 Å². The maximum absolute atomic E-state index is 13.8. The number of hydrogen-bond donors (Lipinski definition) is 1. The molecule has 3 unspecified atom stereocenters. The molecule has 0 aliphatic carbocycles. The number of fused-ring (bicyclic) bond motifs is 1. The van der Waals surface area contributed by atoms with Gasteiger partial charge in [0.05, 0.1) is 24.2 Å². The van der Waals surface area contributed by atoms with Gasteiger partial charge in [0.2, 0.25) is 0 Å². The van der Waals surface area contributed by atoms with Gasteiger partial charge in [-0.3, -0.25) is 0 Å². The molecule has 1 aromatic heterocycles. The van der Waals surface area contributed by atoms with Crippen LogP contribution in [0.25, 0.3) is 0 Å². The second-order valence-corrected chi connectivity index (χ2v) is 7.81. The molecule has 2 aliphatic rings. The molecule has 152 valence electrons. The summed E-state index contributed by atoms with van der Waals surface area (Å²) in [6.07, 6.45) is 1.75. The summed E-state index contributed by atoms with van der Waals surface area (Å²) >= 11 is 12.2. The lowest BCUT2D eigenvalue weighted by Crippen LogP contribution is -2.13. The summed E-state index contributed by atoms with van der Waals surface area (Å²) in [5.74, 6) is 6.73. The zero-order valence-corrected chi connectivity index (χ0v) is 17.1. The van der Waals surface area contributed by atoms with Crippen LogP contribution in [-0.4, -0.2) is 24.5 Å². The van der Waals surface area contributed by atoms with Gasteiger partial charge in [0.25, 0.3) is 0 Å². The van der Waals surface area contributed by atoms with Gasteiger partial charge in [0.1, 0.15) is 11.9 Å². The van der Waals surface area contributed by atoms with Gasteiger partial charge in [-0.2, -0.15) is 0 Å². The van der Waals surface area contributed by atoms with Gasteiger partial charge in [-0.1, -0.05) is 35.0 Å². The first-order chi connectivity index (χ1) is 13.9. The highest BCUT2D eigenvalue weighted by atomic mass is 35.5. The number of benzene rings is 1. The van der Waals surface area contributed by atoms with Crippen LogP contribution in [0, 0.1) is 29.5 Å². The van der Waals surface area contributed by atoms with Gasteiger partial charge < -0.3 is 19.9 Å². The lowest BCUT2D eigenvalue weighted by atomic mass is 9.94. The SMILES string of the molecule is C[C@@H](Oc1cc(C#CC2COC3OCCC23)cnc1N)c1c(Cl)ccc(F)c1Cl. The molecule has 2 aromatic rings. The van der Waals surface area contributed by atoms with Crippen molar-refractivity contribution in [2.75, 3.05) is 18.9 Å². The molecular weight excluding hydrogens is 418 g/mol. The van der Waals surface area contributed by atoms with Gasteiger partial charge in [0, 0.05) is 34.3 Å². The molecule has 0 saturated carbocycles. The molecule has 4 rings (SSSR count). The monoisotopic (exact) mass is 436 g/mol. The lowest BCUT2D eigenvalue weighted by Gasteiger charge is -2.19. The fourth-order valence-electron chi connectivity index (χ4n) is 3.57. The Morgan fingerprint density at radius 2 is 2.17 bits per heavy atom. The van der Waals surface area contributed by atoms with Crippen LogP contribution in [0.15, 0.2) is 24.4 Å². The van der Waals surface area contributed by atoms with Crippen molar-refractivity contribution in [2.45, 2.75) is 25.7 Å². The van der Waals surface area contributed by atoms with E-state index in [-0.39, 0.29) is 23.0 Å². The van der Waals surface area contributed by atoms with Crippen LogP contribution in [0.2, 0.25) is 10.0 Å². The Morgan fingerprint density at radius 3 is 3.00 bits per heavy atom. The van der Waals surface area contributed by atoms with Crippen molar-refractivity contribution in [1.82, 2.24) is 4.98 Å². The number of hydrogen-bond acceptors (Lipinski definition) is 5. The zero-order chi connectivity index (χ0) is 20.5. The van der Waals surface area contributed by atoms with Crippen molar-refractivity contribution in [2.24, 2.45) is 11.8 Å². The fourth-order valence-corrected chi connectivity index (χ4v) is 4.25. The molecule has 2 saturated heterocycles. The number of rotatable bonds is 3. The summed E-state index contributed by atoms with van der Waals surface area (Å²) in [7, 11) is 0. The van der Waals surface area contributed by atoms with E-state index >= 15 is 0 Å². The first-order valence-electron chi connectivity index (χ1n) is 9.24. The second kappa shape index (κ2) is 8.37. The van der Waals surface area contributed by atoms with E-state index in [2.05, 4.69) is 16.8 Å². The third-order valence-electron chi connectivity index (χ3n) is 5.11. The maximum atomic E-state index is 13.8. The highest BCUT2D eigenvalue weighted by Crippen LogP contribution is 2.37. The van der Waals surface area contributed by atoms with Crippen molar-refractivity contribution in [3.8, 4) is 17.6 Å². The number of ether oxygens (including phenoxy) is 3. The normalized spacial score (nSPS) is 23.9. The lowest BCUT2D eigenvalue weighted by molar-refractivity contribution is -0.0905. The molecule has 0 radical (unpaired) electrons. The molecule has 3 heterocycles. The predicted octanol–water partition coefficient (Wildman–Crippen LogP) is 4.61. The fraction of sp³-hybridized carbons (Fsp3) is 0.381. The van der Waals surface area contributed by atoms with E-state index in [9.17, 15) is 4.39 Å². The van der Waals surface area contributed by atoms with Gasteiger partial charge >= 0.3 is 0 Å². The summed E-state index contributed by atoms with van der Waals surface area (Å²) in [6.45, 7) is 2.97. The van der Waals surface area contributed by atoms with Crippen LogP contribution in [0.3, 0.4) is 0 Å². The molecule has 29 heavy (non-hydrogen) atoms. The third-order valence-corrected chi connectivity index (χ3v) is 5.83. The Kier molecular flexibility index (Phi) is 5.84. The van der Waals surface area contributed by atoms with E-state index in [0.717, 1.165) is 6.42 Å². The quantitative estimate of drug-likeness (QED) is 0.561. The van der Waals surface area contributed by atoms with Crippen LogP contribution in [0.1, 0.15) is 30.6 Å². The summed E-state index contributed by atoms with van der Waals surface area (Å²) in [6, 6.07) is 4.34. The van der Waals surface area contributed by atoms with E-state index < -0.39 is 11.9 Å². The highest BCUT2D eigenvalue weighted by molar-refractivity contribution is 6.36. The van der Waals surface area contributed by atoms with E-state index in [1.165, 1.54) is 12.1 Å². The molecule has 2 aliphatic heterocycles. The number of aromatic nitrogens is 1. The van der Waals surface area contributed by atoms with E-state index in [1.807, 2.05) is 0 Å². The van der Waals surface area contributed by atoms with Gasteiger partial charge in [0.15, 0.2) is 17.9 Å². The highest BCUT2D eigenvalue weighted by Gasteiger charge is 2.40. The van der Waals surface area contributed by atoms with Crippen LogP contribution in [0.4, 0.5) is 10.2 Å². The molecule has 0 bridgehead atoms. The number of anilines is 1. The van der Waals surface area contributed by atoms with Crippen LogP contribution in [-0.2, 0) is 9.47 Å². The van der Waals surface area contributed by atoms with Crippen molar-refractivity contribution >= 4 is 29.0 Å². The third kappa shape index (κ3) is 4.15. The Hall–Kier alpha value is -2.04. The molecule has 2 N–H and O–H groups in total. The first-order valence-corrected chi connectivity index (χ1v) is 10.00. The molecule has 5 nitrogen and oxygen atoms in total. The minimum atomic E-state index is -0.641.